The highest BCUT2D eigenvalue weighted by Crippen LogP contribution is 2.28. The fraction of sp³-hybridized carbons (Fsp3) is 0.545. The lowest BCUT2D eigenvalue weighted by Crippen LogP contribution is -2.52. The van der Waals surface area contributed by atoms with E-state index in [0.717, 1.165) is 42.1 Å². The number of nitrogens with two attached hydrogens (primary N) is 2. The average molecular weight is 478 g/mol. The van der Waals surface area contributed by atoms with Crippen LogP contribution < -0.4 is 16.8 Å². The van der Waals surface area contributed by atoms with E-state index in [1.54, 1.807) is 4.90 Å². The van der Waals surface area contributed by atoms with E-state index in [0.29, 0.717) is 6.42 Å². The van der Waals surface area contributed by atoms with Gasteiger partial charge in [-0.05, 0) is 48.2 Å². The molecule has 8 nitrogen and oxygen atoms in total. The van der Waals surface area contributed by atoms with Crippen LogP contribution in [-0.2, 0) is 11.3 Å². The molecule has 0 saturated heterocycles. The number of nitrogens with zero attached hydrogens (tertiary/aromatic N) is 2. The van der Waals surface area contributed by atoms with Gasteiger partial charge in [0.25, 0.3) is 11.8 Å². The van der Waals surface area contributed by atoms with E-state index in [9.17, 15) is 14.4 Å². The maximum absolute atomic E-state index is 13.6. The van der Waals surface area contributed by atoms with Gasteiger partial charge in [-0.3, -0.25) is 14.4 Å². The average Bonchev–Trinajstić information content (AvgIpc) is 3.40. The third kappa shape index (κ3) is 5.86. The Balaban J connectivity index is 1.93. The van der Waals surface area contributed by atoms with Crippen molar-refractivity contribution in [2.24, 2.45) is 11.7 Å². The standard InChI is InChI=1S/C22H31N5O3S2/c1-13(2)11-16(21(29)25-14-7-4-3-5-8-14)27(12-15-9-6-10-31-15)22(30)19-17(23)18(20(24)28)26-32-19/h6,9-10,13-14,16H,3-5,7-8,11-12,23H2,1-2H3,(H2,24,28)(H,25,29)/t16-/m1/s1. The second-order valence-corrected chi connectivity index (χ2v) is 10.4. The number of carbonyl (C=O) groups excluding carboxylic acids is 3. The summed E-state index contributed by atoms with van der Waals surface area (Å²) in [5, 5.41) is 5.12. The summed E-state index contributed by atoms with van der Waals surface area (Å²) in [6.45, 7) is 4.33. The number of nitrogen functional groups attached to an aromatic ring is 1. The molecule has 1 aliphatic carbocycles. The van der Waals surface area contributed by atoms with E-state index in [1.807, 2.05) is 31.4 Å². The van der Waals surface area contributed by atoms with Crippen LogP contribution in [0.2, 0.25) is 0 Å². The number of aromatic nitrogens is 1. The summed E-state index contributed by atoms with van der Waals surface area (Å²) in [5.74, 6) is -1.15. The fourth-order valence-electron chi connectivity index (χ4n) is 4.02. The quantitative estimate of drug-likeness (QED) is 0.509. The summed E-state index contributed by atoms with van der Waals surface area (Å²) in [7, 11) is 0. The number of primary amides is 1. The Morgan fingerprint density at radius 3 is 2.53 bits per heavy atom. The zero-order valence-electron chi connectivity index (χ0n) is 18.5. The van der Waals surface area contributed by atoms with Crippen LogP contribution in [-0.4, -0.2) is 39.1 Å². The molecule has 3 rings (SSSR count). The molecule has 0 spiro atoms. The molecule has 174 valence electrons. The van der Waals surface area contributed by atoms with Crippen molar-refractivity contribution in [1.29, 1.82) is 0 Å². The molecule has 32 heavy (non-hydrogen) atoms. The molecule has 3 amide bonds. The molecule has 1 aliphatic rings. The number of thiophene rings is 1. The van der Waals surface area contributed by atoms with Crippen LogP contribution in [0.5, 0.6) is 0 Å². The molecule has 0 aromatic carbocycles. The van der Waals surface area contributed by atoms with E-state index in [2.05, 4.69) is 9.69 Å². The molecule has 2 aromatic heterocycles. The molecule has 0 bridgehead atoms. The maximum atomic E-state index is 13.6. The van der Waals surface area contributed by atoms with Crippen molar-refractivity contribution in [2.75, 3.05) is 5.73 Å². The topological polar surface area (TPSA) is 131 Å². The molecule has 0 radical (unpaired) electrons. The predicted molar refractivity (Wildman–Crippen MR) is 127 cm³/mol. The van der Waals surface area contributed by atoms with Crippen LogP contribution in [0.1, 0.15) is 77.4 Å². The van der Waals surface area contributed by atoms with Crippen LogP contribution in [0.15, 0.2) is 17.5 Å². The molecule has 2 aromatic rings. The van der Waals surface area contributed by atoms with Crippen molar-refractivity contribution in [3.05, 3.63) is 33.0 Å². The molecule has 2 heterocycles. The van der Waals surface area contributed by atoms with Gasteiger partial charge >= 0.3 is 0 Å². The van der Waals surface area contributed by atoms with Crippen LogP contribution in [0.3, 0.4) is 0 Å². The van der Waals surface area contributed by atoms with Gasteiger partial charge in [0.15, 0.2) is 5.69 Å². The zero-order chi connectivity index (χ0) is 23.3. The second-order valence-electron chi connectivity index (χ2n) is 8.64. The van der Waals surface area contributed by atoms with Crippen molar-refractivity contribution in [2.45, 2.75) is 71.0 Å². The number of anilines is 1. The third-order valence-electron chi connectivity index (χ3n) is 5.65. The minimum absolute atomic E-state index is 0.0281. The molecule has 1 atom stereocenters. The molecular weight excluding hydrogens is 446 g/mol. The number of hydrogen-bond acceptors (Lipinski definition) is 7. The lowest BCUT2D eigenvalue weighted by Gasteiger charge is -2.33. The van der Waals surface area contributed by atoms with Gasteiger partial charge in [0, 0.05) is 10.9 Å². The molecule has 0 aliphatic heterocycles. The van der Waals surface area contributed by atoms with E-state index >= 15 is 0 Å². The SMILES string of the molecule is CC(C)C[C@H](C(=O)NC1CCCCC1)N(Cc1cccs1)C(=O)c1snc(C(N)=O)c1N. The summed E-state index contributed by atoms with van der Waals surface area (Å²) in [5.41, 5.74) is 11.2. The summed E-state index contributed by atoms with van der Waals surface area (Å²) < 4.78 is 3.97. The molecule has 5 N–H and O–H groups in total. The summed E-state index contributed by atoms with van der Waals surface area (Å²) in [6, 6.07) is 3.32. The molecule has 1 saturated carbocycles. The Kier molecular flexibility index (Phi) is 8.25. The molecular formula is C22H31N5O3S2. The van der Waals surface area contributed by atoms with Crippen LogP contribution in [0.25, 0.3) is 0 Å². The molecule has 0 unspecified atom stereocenters. The molecule has 1 fully saturated rings. The number of carbonyl (C=O) groups is 3. The lowest BCUT2D eigenvalue weighted by atomic mass is 9.94. The highest BCUT2D eigenvalue weighted by molar-refractivity contribution is 7.10. The third-order valence-corrected chi connectivity index (χ3v) is 7.36. The largest absolute Gasteiger partial charge is 0.395 e. The van der Waals surface area contributed by atoms with Crippen molar-refractivity contribution in [1.82, 2.24) is 14.6 Å². The van der Waals surface area contributed by atoms with Crippen molar-refractivity contribution in [3.63, 3.8) is 0 Å². The van der Waals surface area contributed by atoms with Crippen LogP contribution in [0, 0.1) is 5.92 Å². The van der Waals surface area contributed by atoms with Crippen LogP contribution in [0.4, 0.5) is 5.69 Å². The Hall–Kier alpha value is -2.46. The summed E-state index contributed by atoms with van der Waals surface area (Å²) in [6.07, 6.45) is 5.83. The fourth-order valence-corrected chi connectivity index (χ4v) is 5.48. The highest BCUT2D eigenvalue weighted by Gasteiger charge is 2.35. The van der Waals surface area contributed by atoms with Crippen molar-refractivity contribution >= 4 is 46.3 Å². The van der Waals surface area contributed by atoms with Gasteiger partial charge in [0.05, 0.1) is 12.2 Å². The predicted octanol–water partition coefficient (Wildman–Crippen LogP) is 3.39. The monoisotopic (exact) mass is 477 g/mol. The summed E-state index contributed by atoms with van der Waals surface area (Å²) >= 11 is 2.36. The first-order valence-corrected chi connectivity index (χ1v) is 12.6. The van der Waals surface area contributed by atoms with E-state index in [-0.39, 0.29) is 40.7 Å². The Morgan fingerprint density at radius 2 is 1.97 bits per heavy atom. The number of rotatable bonds is 9. The summed E-state index contributed by atoms with van der Waals surface area (Å²) in [4.78, 5) is 41.3. The van der Waals surface area contributed by atoms with E-state index in [4.69, 9.17) is 11.5 Å². The Bertz CT molecular complexity index is 936. The van der Waals surface area contributed by atoms with Gasteiger partial charge in [-0.2, -0.15) is 4.37 Å². The minimum Gasteiger partial charge on any atom is -0.395 e. The normalized spacial score (nSPS) is 15.5. The van der Waals surface area contributed by atoms with Crippen molar-refractivity contribution < 1.29 is 14.4 Å². The Labute approximate surface area is 196 Å². The van der Waals surface area contributed by atoms with Crippen LogP contribution >= 0.6 is 22.9 Å². The first-order chi connectivity index (χ1) is 15.3. The van der Waals surface area contributed by atoms with Gasteiger partial charge < -0.3 is 21.7 Å². The van der Waals surface area contributed by atoms with Gasteiger partial charge in [0.1, 0.15) is 10.9 Å². The minimum atomic E-state index is -0.781. The lowest BCUT2D eigenvalue weighted by molar-refractivity contribution is -0.127. The number of amides is 3. The number of nitrogens with one attached hydrogen (secondary N) is 1. The first kappa shape index (κ1) is 24.2. The highest BCUT2D eigenvalue weighted by atomic mass is 32.1. The van der Waals surface area contributed by atoms with Crippen molar-refractivity contribution in [3.8, 4) is 0 Å². The Morgan fingerprint density at radius 1 is 1.25 bits per heavy atom. The van der Waals surface area contributed by atoms with Gasteiger partial charge in [-0.15, -0.1) is 11.3 Å². The van der Waals surface area contributed by atoms with Gasteiger partial charge in [-0.1, -0.05) is 39.2 Å². The smallest absolute Gasteiger partial charge is 0.270 e. The van der Waals surface area contributed by atoms with E-state index < -0.39 is 17.9 Å². The van der Waals surface area contributed by atoms with Gasteiger partial charge in [0.2, 0.25) is 5.91 Å². The van der Waals surface area contributed by atoms with E-state index in [1.165, 1.54) is 17.8 Å². The zero-order valence-corrected chi connectivity index (χ0v) is 20.1. The second kappa shape index (κ2) is 10.9. The van der Waals surface area contributed by atoms with Gasteiger partial charge in [-0.25, -0.2) is 0 Å². The number of hydrogen-bond donors (Lipinski definition) is 3. The maximum Gasteiger partial charge on any atom is 0.270 e. The molecule has 10 heteroatoms. The first-order valence-electron chi connectivity index (χ1n) is 11.0.